The molecule has 0 atom stereocenters. The van der Waals surface area contributed by atoms with Crippen LogP contribution in [0.15, 0.2) is 18.2 Å². The number of hydrogen-bond donors (Lipinski definition) is 2. The van der Waals surface area contributed by atoms with Gasteiger partial charge in [-0.3, -0.25) is 9.59 Å². The fourth-order valence-electron chi connectivity index (χ4n) is 1.61. The van der Waals surface area contributed by atoms with Crippen LogP contribution in [0.25, 0.3) is 0 Å². The molecule has 4 nitrogen and oxygen atoms in total. The first kappa shape index (κ1) is 12.9. The summed E-state index contributed by atoms with van der Waals surface area (Å²) in [6.45, 7) is 1.85. The lowest BCUT2D eigenvalue weighted by atomic mass is 10.2. The third-order valence-corrected chi connectivity index (χ3v) is 2.96. The Kier molecular flexibility index (Phi) is 3.87. The second kappa shape index (κ2) is 5.40. The van der Waals surface area contributed by atoms with Crippen molar-refractivity contribution < 1.29 is 9.59 Å². The second-order valence-electron chi connectivity index (χ2n) is 4.53. The number of anilines is 1. The van der Waals surface area contributed by atoms with Gasteiger partial charge in [-0.2, -0.15) is 0 Å². The Morgan fingerprint density at radius 1 is 1.33 bits per heavy atom. The lowest BCUT2D eigenvalue weighted by Crippen LogP contribution is -2.29. The van der Waals surface area contributed by atoms with Gasteiger partial charge in [0.2, 0.25) is 11.8 Å². The van der Waals surface area contributed by atoms with Gasteiger partial charge in [0.15, 0.2) is 0 Å². The van der Waals surface area contributed by atoms with E-state index in [1.165, 1.54) is 0 Å². The van der Waals surface area contributed by atoms with Gasteiger partial charge in [-0.15, -0.1) is 0 Å². The van der Waals surface area contributed by atoms with Gasteiger partial charge in [-0.25, -0.2) is 0 Å². The standard InChI is InChI=1S/C13H15ClN2O2/c1-8-6-9(14)2-5-11(8)16-13(18)7-12(17)15-10-3-4-10/h2,5-6,10H,3-4,7H2,1H3,(H,15,17)(H,16,18). The number of nitrogens with one attached hydrogen (secondary N) is 2. The van der Waals surface area contributed by atoms with Gasteiger partial charge >= 0.3 is 0 Å². The fraction of sp³-hybridized carbons (Fsp3) is 0.385. The number of aryl methyl sites for hydroxylation is 1. The molecular weight excluding hydrogens is 252 g/mol. The Morgan fingerprint density at radius 2 is 2.06 bits per heavy atom. The van der Waals surface area contributed by atoms with Crippen molar-refractivity contribution in [2.45, 2.75) is 32.2 Å². The molecule has 1 saturated carbocycles. The number of carbonyl (C=O) groups is 2. The lowest BCUT2D eigenvalue weighted by molar-refractivity contribution is -0.126. The summed E-state index contributed by atoms with van der Waals surface area (Å²) in [6, 6.07) is 5.48. The van der Waals surface area contributed by atoms with Gasteiger partial charge in [0.1, 0.15) is 6.42 Å². The zero-order valence-corrected chi connectivity index (χ0v) is 10.9. The number of benzene rings is 1. The smallest absolute Gasteiger partial charge is 0.233 e. The average molecular weight is 267 g/mol. The van der Waals surface area contributed by atoms with E-state index in [4.69, 9.17) is 11.6 Å². The van der Waals surface area contributed by atoms with Gasteiger partial charge < -0.3 is 10.6 Å². The molecule has 1 aromatic carbocycles. The summed E-state index contributed by atoms with van der Waals surface area (Å²) < 4.78 is 0. The SMILES string of the molecule is Cc1cc(Cl)ccc1NC(=O)CC(=O)NC1CC1. The first-order chi connectivity index (χ1) is 8.54. The molecule has 96 valence electrons. The first-order valence-corrected chi connectivity index (χ1v) is 6.28. The highest BCUT2D eigenvalue weighted by molar-refractivity contribution is 6.30. The van der Waals surface area contributed by atoms with E-state index < -0.39 is 0 Å². The zero-order chi connectivity index (χ0) is 13.1. The van der Waals surface area contributed by atoms with Crippen LogP contribution < -0.4 is 10.6 Å². The van der Waals surface area contributed by atoms with E-state index in [9.17, 15) is 9.59 Å². The van der Waals surface area contributed by atoms with Gasteiger partial charge in [0.05, 0.1) is 0 Å². The molecule has 2 amide bonds. The van der Waals surface area contributed by atoms with Gasteiger partial charge in [-0.1, -0.05) is 11.6 Å². The summed E-state index contributed by atoms with van der Waals surface area (Å²) in [6.07, 6.45) is 1.89. The van der Waals surface area contributed by atoms with Crippen molar-refractivity contribution in [1.82, 2.24) is 5.32 Å². The molecule has 0 radical (unpaired) electrons. The van der Waals surface area contributed by atoms with Crippen molar-refractivity contribution in [2.75, 3.05) is 5.32 Å². The van der Waals surface area contributed by atoms with Gasteiger partial charge in [-0.05, 0) is 43.5 Å². The predicted molar refractivity (Wildman–Crippen MR) is 70.6 cm³/mol. The Bertz CT molecular complexity index is 484. The van der Waals surface area contributed by atoms with Crippen LogP contribution in [0.2, 0.25) is 5.02 Å². The number of hydrogen-bond acceptors (Lipinski definition) is 2. The maximum Gasteiger partial charge on any atom is 0.233 e. The van der Waals surface area contributed by atoms with Crippen LogP contribution in [0.5, 0.6) is 0 Å². The number of amides is 2. The van der Waals surface area contributed by atoms with E-state index in [1.54, 1.807) is 18.2 Å². The largest absolute Gasteiger partial charge is 0.353 e. The molecule has 1 aromatic rings. The van der Waals surface area contributed by atoms with Crippen molar-refractivity contribution in [1.29, 1.82) is 0 Å². The van der Waals surface area contributed by atoms with Gasteiger partial charge in [0.25, 0.3) is 0 Å². The third-order valence-electron chi connectivity index (χ3n) is 2.73. The number of carbonyl (C=O) groups excluding carboxylic acids is 2. The van der Waals surface area contributed by atoms with Crippen LogP contribution in [0.3, 0.4) is 0 Å². The van der Waals surface area contributed by atoms with Crippen molar-refractivity contribution in [3.8, 4) is 0 Å². The maximum absolute atomic E-state index is 11.7. The minimum atomic E-state index is -0.307. The molecular formula is C13H15ClN2O2. The Hall–Kier alpha value is -1.55. The monoisotopic (exact) mass is 266 g/mol. The minimum absolute atomic E-state index is 0.140. The van der Waals surface area contributed by atoms with Crippen molar-refractivity contribution in [2.24, 2.45) is 0 Å². The van der Waals surface area contributed by atoms with E-state index in [0.29, 0.717) is 10.7 Å². The van der Waals surface area contributed by atoms with E-state index >= 15 is 0 Å². The summed E-state index contributed by atoms with van der Waals surface area (Å²) in [7, 11) is 0. The van der Waals surface area contributed by atoms with Crippen molar-refractivity contribution in [3.63, 3.8) is 0 Å². The third kappa shape index (κ3) is 3.74. The average Bonchev–Trinajstić information content (AvgIpc) is 3.05. The van der Waals surface area contributed by atoms with Crippen LogP contribution in [0.1, 0.15) is 24.8 Å². The maximum atomic E-state index is 11.7. The molecule has 1 aliphatic rings. The molecule has 2 rings (SSSR count). The Labute approximate surface area is 111 Å². The highest BCUT2D eigenvalue weighted by Crippen LogP contribution is 2.20. The quantitative estimate of drug-likeness (QED) is 0.822. The van der Waals surface area contributed by atoms with Crippen LogP contribution in [-0.4, -0.2) is 17.9 Å². The molecule has 5 heteroatoms. The molecule has 1 fully saturated rings. The summed E-state index contributed by atoms with van der Waals surface area (Å²) >= 11 is 5.83. The minimum Gasteiger partial charge on any atom is -0.353 e. The van der Waals surface area contributed by atoms with Crippen molar-refractivity contribution >= 4 is 29.1 Å². The van der Waals surface area contributed by atoms with E-state index in [2.05, 4.69) is 10.6 Å². The molecule has 1 aliphatic carbocycles. The van der Waals surface area contributed by atoms with E-state index in [0.717, 1.165) is 18.4 Å². The predicted octanol–water partition coefficient (Wildman–Crippen LogP) is 2.26. The zero-order valence-electron chi connectivity index (χ0n) is 10.1. The molecule has 0 heterocycles. The summed E-state index contributed by atoms with van der Waals surface area (Å²) in [5.41, 5.74) is 1.56. The Balaban J connectivity index is 1.87. The van der Waals surface area contributed by atoms with Gasteiger partial charge in [0, 0.05) is 16.8 Å². The molecule has 0 saturated heterocycles. The molecule has 0 aliphatic heterocycles. The molecule has 0 aromatic heterocycles. The molecule has 0 unspecified atom stereocenters. The summed E-state index contributed by atoms with van der Waals surface area (Å²) in [4.78, 5) is 23.1. The molecule has 2 N–H and O–H groups in total. The molecule has 0 spiro atoms. The fourth-order valence-corrected chi connectivity index (χ4v) is 1.84. The van der Waals surface area contributed by atoms with Crippen LogP contribution in [0.4, 0.5) is 5.69 Å². The molecule has 0 bridgehead atoms. The normalized spacial score (nSPS) is 14.1. The lowest BCUT2D eigenvalue weighted by Gasteiger charge is -2.08. The summed E-state index contributed by atoms with van der Waals surface area (Å²) in [5.74, 6) is -0.528. The van der Waals surface area contributed by atoms with E-state index in [1.807, 2.05) is 6.92 Å². The number of rotatable bonds is 4. The first-order valence-electron chi connectivity index (χ1n) is 5.90. The highest BCUT2D eigenvalue weighted by Gasteiger charge is 2.24. The Morgan fingerprint density at radius 3 is 2.67 bits per heavy atom. The summed E-state index contributed by atoms with van der Waals surface area (Å²) in [5, 5.41) is 6.10. The highest BCUT2D eigenvalue weighted by atomic mass is 35.5. The van der Waals surface area contributed by atoms with Crippen LogP contribution in [-0.2, 0) is 9.59 Å². The second-order valence-corrected chi connectivity index (χ2v) is 4.96. The topological polar surface area (TPSA) is 58.2 Å². The van der Waals surface area contributed by atoms with Crippen LogP contribution >= 0.6 is 11.6 Å². The van der Waals surface area contributed by atoms with Crippen LogP contribution in [0, 0.1) is 6.92 Å². The van der Waals surface area contributed by atoms with E-state index in [-0.39, 0.29) is 24.3 Å². The van der Waals surface area contributed by atoms with Crippen molar-refractivity contribution in [3.05, 3.63) is 28.8 Å². The number of halogens is 1. The molecule has 18 heavy (non-hydrogen) atoms.